The first-order valence-electron chi connectivity index (χ1n) is 3.68. The number of halogens is 4. The summed E-state index contributed by atoms with van der Waals surface area (Å²) in [5.74, 6) is -0.186. The van der Waals surface area contributed by atoms with Crippen LogP contribution in [0, 0.1) is 0 Å². The summed E-state index contributed by atoms with van der Waals surface area (Å²) in [6, 6.07) is 2.17. The van der Waals surface area contributed by atoms with E-state index in [0.29, 0.717) is 0 Å². The molecular formula is C7H5Br2F2NO3S. The molecule has 0 amide bonds. The van der Waals surface area contributed by atoms with E-state index >= 15 is 0 Å². The van der Waals surface area contributed by atoms with E-state index in [1.807, 2.05) is 0 Å². The standard InChI is InChI=1S/C7H5Br2F2NO3S/c8-3-2-6(16(12,13)14)4(9)1-5(3)15-7(10)11/h1-2,7H,(H2,12,13,14). The largest absolute Gasteiger partial charge is 0.434 e. The summed E-state index contributed by atoms with van der Waals surface area (Å²) in [5, 5.41) is 4.91. The van der Waals surface area contributed by atoms with E-state index in [1.54, 1.807) is 0 Å². The molecule has 0 heterocycles. The van der Waals surface area contributed by atoms with E-state index in [2.05, 4.69) is 36.6 Å². The Labute approximate surface area is 107 Å². The zero-order valence-electron chi connectivity index (χ0n) is 7.45. The average Bonchev–Trinajstić information content (AvgIpc) is 2.07. The molecule has 4 nitrogen and oxygen atoms in total. The van der Waals surface area contributed by atoms with Crippen LogP contribution in [-0.2, 0) is 10.0 Å². The van der Waals surface area contributed by atoms with Crippen molar-refractivity contribution in [1.82, 2.24) is 0 Å². The highest BCUT2D eigenvalue weighted by Crippen LogP contribution is 2.34. The molecule has 0 unspecified atom stereocenters. The summed E-state index contributed by atoms with van der Waals surface area (Å²) < 4.78 is 50.4. The Bertz CT molecular complexity index is 507. The molecule has 0 aliphatic carbocycles. The summed E-state index contributed by atoms with van der Waals surface area (Å²) in [5.41, 5.74) is 0. The van der Waals surface area contributed by atoms with Gasteiger partial charge < -0.3 is 4.74 Å². The third kappa shape index (κ3) is 3.37. The molecule has 2 N–H and O–H groups in total. The summed E-state index contributed by atoms with van der Waals surface area (Å²) in [7, 11) is -3.92. The van der Waals surface area contributed by atoms with E-state index < -0.39 is 16.6 Å². The fourth-order valence-corrected chi connectivity index (χ4v) is 3.12. The van der Waals surface area contributed by atoms with Gasteiger partial charge in [0.2, 0.25) is 10.0 Å². The van der Waals surface area contributed by atoms with Crippen molar-refractivity contribution < 1.29 is 21.9 Å². The van der Waals surface area contributed by atoms with Gasteiger partial charge in [-0.1, -0.05) is 0 Å². The molecule has 0 aromatic heterocycles. The van der Waals surface area contributed by atoms with E-state index in [-0.39, 0.29) is 19.6 Å². The maximum atomic E-state index is 12.0. The average molecular weight is 381 g/mol. The molecule has 9 heteroatoms. The van der Waals surface area contributed by atoms with Crippen LogP contribution in [0.5, 0.6) is 5.75 Å². The summed E-state index contributed by atoms with van der Waals surface area (Å²) in [6.07, 6.45) is 0. The maximum Gasteiger partial charge on any atom is 0.387 e. The lowest BCUT2D eigenvalue weighted by Gasteiger charge is -2.09. The molecule has 0 saturated heterocycles. The third-order valence-electron chi connectivity index (χ3n) is 1.51. The predicted octanol–water partition coefficient (Wildman–Crippen LogP) is 2.46. The zero-order valence-corrected chi connectivity index (χ0v) is 11.4. The highest BCUT2D eigenvalue weighted by Gasteiger charge is 2.17. The second-order valence-electron chi connectivity index (χ2n) is 2.64. The van der Waals surface area contributed by atoms with Crippen LogP contribution < -0.4 is 9.88 Å². The van der Waals surface area contributed by atoms with Gasteiger partial charge in [-0.2, -0.15) is 8.78 Å². The van der Waals surface area contributed by atoms with Crippen LogP contribution in [-0.4, -0.2) is 15.0 Å². The molecule has 1 aromatic carbocycles. The van der Waals surface area contributed by atoms with Gasteiger partial charge in [0.15, 0.2) is 0 Å². The van der Waals surface area contributed by atoms with Gasteiger partial charge in [0.1, 0.15) is 5.75 Å². The Kier molecular flexibility index (Phi) is 4.27. The van der Waals surface area contributed by atoms with Crippen LogP contribution in [0.25, 0.3) is 0 Å². The van der Waals surface area contributed by atoms with Crippen LogP contribution >= 0.6 is 31.9 Å². The van der Waals surface area contributed by atoms with E-state index in [9.17, 15) is 17.2 Å². The van der Waals surface area contributed by atoms with Gasteiger partial charge in [-0.05, 0) is 44.0 Å². The van der Waals surface area contributed by atoms with Gasteiger partial charge in [0, 0.05) is 4.47 Å². The number of sulfonamides is 1. The van der Waals surface area contributed by atoms with Crippen LogP contribution in [0.4, 0.5) is 8.78 Å². The highest BCUT2D eigenvalue weighted by atomic mass is 79.9. The number of rotatable bonds is 3. The third-order valence-corrected chi connectivity index (χ3v) is 4.00. The van der Waals surface area contributed by atoms with Crippen molar-refractivity contribution in [3.05, 3.63) is 21.1 Å². The molecule has 0 aliphatic heterocycles. The molecule has 1 aromatic rings. The smallest absolute Gasteiger partial charge is 0.387 e. The van der Waals surface area contributed by atoms with Crippen LogP contribution in [0.2, 0.25) is 0 Å². The monoisotopic (exact) mass is 379 g/mol. The Morgan fingerprint density at radius 1 is 1.25 bits per heavy atom. The maximum absolute atomic E-state index is 12.0. The normalized spacial score (nSPS) is 11.9. The lowest BCUT2D eigenvalue weighted by atomic mass is 10.3. The molecule has 90 valence electrons. The number of nitrogens with two attached hydrogens (primary N) is 1. The Balaban J connectivity index is 3.28. The Morgan fingerprint density at radius 3 is 2.25 bits per heavy atom. The molecule has 16 heavy (non-hydrogen) atoms. The number of benzene rings is 1. The number of primary sulfonamides is 1. The zero-order chi connectivity index (χ0) is 12.5. The molecule has 1 rings (SSSR count). The van der Waals surface area contributed by atoms with Crippen molar-refractivity contribution in [3.8, 4) is 5.75 Å². The minimum absolute atomic E-state index is 0.0499. The van der Waals surface area contributed by atoms with Gasteiger partial charge >= 0.3 is 6.61 Å². The fraction of sp³-hybridized carbons (Fsp3) is 0.143. The van der Waals surface area contributed by atoms with Crippen molar-refractivity contribution in [2.75, 3.05) is 0 Å². The highest BCUT2D eigenvalue weighted by molar-refractivity contribution is 9.11. The SMILES string of the molecule is NS(=O)(=O)c1cc(Br)c(OC(F)F)cc1Br. The quantitative estimate of drug-likeness (QED) is 0.875. The minimum Gasteiger partial charge on any atom is -0.434 e. The lowest BCUT2D eigenvalue weighted by molar-refractivity contribution is -0.0504. The Morgan fingerprint density at radius 2 is 1.81 bits per heavy atom. The van der Waals surface area contributed by atoms with Gasteiger partial charge in [-0.3, -0.25) is 0 Å². The number of alkyl halides is 2. The van der Waals surface area contributed by atoms with Crippen molar-refractivity contribution in [2.24, 2.45) is 5.14 Å². The number of hydrogen-bond acceptors (Lipinski definition) is 3. The van der Waals surface area contributed by atoms with Crippen LogP contribution in [0.1, 0.15) is 0 Å². The summed E-state index contributed by atoms with van der Waals surface area (Å²) in [6.45, 7) is -3.00. The van der Waals surface area contributed by atoms with Crippen molar-refractivity contribution >= 4 is 41.9 Å². The van der Waals surface area contributed by atoms with Crippen LogP contribution in [0.3, 0.4) is 0 Å². The molecule has 0 bridgehead atoms. The lowest BCUT2D eigenvalue weighted by Crippen LogP contribution is -2.13. The summed E-state index contributed by atoms with van der Waals surface area (Å²) >= 11 is 5.81. The first-order chi connectivity index (χ1) is 7.21. The minimum atomic E-state index is -3.92. The van der Waals surface area contributed by atoms with E-state index in [0.717, 1.165) is 12.1 Å². The van der Waals surface area contributed by atoms with E-state index in [1.165, 1.54) is 0 Å². The van der Waals surface area contributed by atoms with Gasteiger partial charge in [0.05, 0.1) is 9.37 Å². The molecule has 0 fully saturated rings. The first-order valence-corrected chi connectivity index (χ1v) is 6.81. The first kappa shape index (κ1) is 13.8. The van der Waals surface area contributed by atoms with Gasteiger partial charge in [-0.15, -0.1) is 0 Å². The Hall–Kier alpha value is -0.250. The number of hydrogen-bond donors (Lipinski definition) is 1. The number of ether oxygens (including phenoxy) is 1. The molecule has 0 atom stereocenters. The second kappa shape index (κ2) is 4.94. The molecule has 0 aliphatic rings. The van der Waals surface area contributed by atoms with E-state index in [4.69, 9.17) is 5.14 Å². The van der Waals surface area contributed by atoms with Gasteiger partial charge in [0.25, 0.3) is 0 Å². The molecule has 0 radical (unpaired) electrons. The van der Waals surface area contributed by atoms with Crippen molar-refractivity contribution in [3.63, 3.8) is 0 Å². The fourth-order valence-electron chi connectivity index (χ4n) is 0.915. The molecule has 0 saturated carbocycles. The van der Waals surface area contributed by atoms with Crippen molar-refractivity contribution in [2.45, 2.75) is 11.5 Å². The molecular weight excluding hydrogens is 376 g/mol. The second-order valence-corrected chi connectivity index (χ2v) is 5.88. The summed E-state index contributed by atoms with van der Waals surface area (Å²) in [4.78, 5) is -0.221. The van der Waals surface area contributed by atoms with Gasteiger partial charge in [-0.25, -0.2) is 13.6 Å². The van der Waals surface area contributed by atoms with Crippen molar-refractivity contribution in [1.29, 1.82) is 0 Å². The predicted molar refractivity (Wildman–Crippen MR) is 59.8 cm³/mol. The van der Waals surface area contributed by atoms with Crippen LogP contribution in [0.15, 0.2) is 26.0 Å². The topological polar surface area (TPSA) is 69.4 Å². The molecule has 0 spiro atoms.